The van der Waals surface area contributed by atoms with Gasteiger partial charge in [0.25, 0.3) is 9.46 Å². The zero-order valence-electron chi connectivity index (χ0n) is 5.23. The third-order valence-electron chi connectivity index (χ3n) is 0.983. The van der Waals surface area contributed by atoms with Gasteiger partial charge in [-0.05, 0) is 0 Å². The number of hydrogen-bond acceptors (Lipinski definition) is 0. The predicted octanol–water partition coefficient (Wildman–Crippen LogP) is 3.60. The van der Waals surface area contributed by atoms with E-state index in [1.165, 1.54) is 0 Å². The average Bonchev–Trinajstić information content (AvgIpc) is 1.85. The van der Waals surface area contributed by atoms with Gasteiger partial charge in [0.2, 0.25) is 0 Å². The fraction of sp³-hybridized carbons (Fsp3) is 1.00. The topological polar surface area (TPSA) is 0 Å². The monoisotopic (exact) mass is 250 g/mol. The summed E-state index contributed by atoms with van der Waals surface area (Å²) in [6.07, 6.45) is -5.33. The Balaban J connectivity index is 4.85. The lowest BCUT2D eigenvalue weighted by atomic mass is 10.2. The molecule has 0 fully saturated rings. The molecule has 1 unspecified atom stereocenters. The first kappa shape index (κ1) is 12.5. The molecular weight excluding hydrogens is 249 g/mol. The molecule has 0 aliphatic rings. The van der Waals surface area contributed by atoms with Crippen LogP contribution in [0, 0.1) is 0 Å². The van der Waals surface area contributed by atoms with Crippen LogP contribution in [0.5, 0.6) is 0 Å². The Kier molecular flexibility index (Phi) is 3.49. The van der Waals surface area contributed by atoms with Crippen molar-refractivity contribution in [1.29, 1.82) is 0 Å². The first-order chi connectivity index (χ1) is 5.06. The normalized spacial score (nSPS) is 19.0. The summed E-state index contributed by atoms with van der Waals surface area (Å²) in [4.78, 5) is 0. The SMILES string of the molecule is FCC(F)(Cl)C(Cl)(Cl)C(F)(F)F. The van der Waals surface area contributed by atoms with Gasteiger partial charge in [0, 0.05) is 0 Å². The minimum atomic E-state index is -5.33. The largest absolute Gasteiger partial charge is 0.426 e. The number of alkyl halides is 8. The van der Waals surface area contributed by atoms with E-state index in [-0.39, 0.29) is 0 Å². The Morgan fingerprint density at radius 1 is 0.917 bits per heavy atom. The summed E-state index contributed by atoms with van der Waals surface area (Å²) in [5.74, 6) is 0. The zero-order chi connectivity index (χ0) is 10.2. The summed E-state index contributed by atoms with van der Waals surface area (Å²) in [5.41, 5.74) is 0. The van der Waals surface area contributed by atoms with Gasteiger partial charge in [0.05, 0.1) is 0 Å². The van der Waals surface area contributed by atoms with Crippen molar-refractivity contribution in [3.05, 3.63) is 0 Å². The van der Waals surface area contributed by atoms with Gasteiger partial charge >= 0.3 is 6.18 Å². The van der Waals surface area contributed by atoms with Crippen LogP contribution in [0.1, 0.15) is 0 Å². The van der Waals surface area contributed by atoms with E-state index in [0.717, 1.165) is 0 Å². The third-order valence-corrected chi connectivity index (χ3v) is 2.59. The summed E-state index contributed by atoms with van der Waals surface area (Å²) in [6, 6.07) is 0. The Morgan fingerprint density at radius 3 is 1.33 bits per heavy atom. The number of halogens is 8. The molecule has 0 bridgehead atoms. The number of hydrogen-bond donors (Lipinski definition) is 0. The van der Waals surface area contributed by atoms with Crippen LogP contribution in [0.25, 0.3) is 0 Å². The van der Waals surface area contributed by atoms with Crippen molar-refractivity contribution in [2.24, 2.45) is 0 Å². The van der Waals surface area contributed by atoms with Crippen LogP contribution in [-0.2, 0) is 0 Å². The molecule has 0 spiro atoms. The molecule has 12 heavy (non-hydrogen) atoms. The smallest absolute Gasteiger partial charge is 0.246 e. The van der Waals surface area contributed by atoms with E-state index >= 15 is 0 Å². The van der Waals surface area contributed by atoms with E-state index in [0.29, 0.717) is 0 Å². The van der Waals surface area contributed by atoms with Crippen molar-refractivity contribution in [3.63, 3.8) is 0 Å². The fourth-order valence-electron chi connectivity index (χ4n) is 0.291. The van der Waals surface area contributed by atoms with Crippen LogP contribution < -0.4 is 0 Å². The molecule has 0 rings (SSSR count). The highest BCUT2D eigenvalue weighted by atomic mass is 35.5. The summed E-state index contributed by atoms with van der Waals surface area (Å²) >= 11 is 13.5. The second kappa shape index (κ2) is 3.35. The van der Waals surface area contributed by atoms with Crippen molar-refractivity contribution >= 4 is 34.8 Å². The van der Waals surface area contributed by atoms with Crippen LogP contribution in [0.3, 0.4) is 0 Å². The lowest BCUT2D eigenvalue weighted by molar-refractivity contribution is -0.160. The molecule has 0 saturated carbocycles. The van der Waals surface area contributed by atoms with Gasteiger partial charge in [0.15, 0.2) is 0 Å². The van der Waals surface area contributed by atoms with E-state index in [4.69, 9.17) is 0 Å². The second-order valence-corrected chi connectivity index (χ2v) is 3.84. The van der Waals surface area contributed by atoms with Crippen LogP contribution >= 0.6 is 34.8 Å². The minimum absolute atomic E-state index is 2.14. The van der Waals surface area contributed by atoms with Crippen molar-refractivity contribution in [1.82, 2.24) is 0 Å². The van der Waals surface area contributed by atoms with Crippen LogP contribution in [0.15, 0.2) is 0 Å². The second-order valence-electron chi connectivity index (χ2n) is 1.91. The molecule has 0 aliphatic carbocycles. The van der Waals surface area contributed by atoms with Gasteiger partial charge in [-0.15, -0.1) is 0 Å². The average molecular weight is 251 g/mol. The molecule has 0 aliphatic heterocycles. The molecule has 0 radical (unpaired) electrons. The van der Waals surface area contributed by atoms with Crippen molar-refractivity contribution < 1.29 is 22.0 Å². The Morgan fingerprint density at radius 2 is 1.25 bits per heavy atom. The number of rotatable bonds is 2. The van der Waals surface area contributed by atoms with Crippen LogP contribution in [0.4, 0.5) is 22.0 Å². The van der Waals surface area contributed by atoms with Gasteiger partial charge in [-0.2, -0.15) is 13.2 Å². The molecule has 1 atom stereocenters. The van der Waals surface area contributed by atoms with E-state index in [1.54, 1.807) is 0 Å². The van der Waals surface area contributed by atoms with Gasteiger partial charge in [-0.1, -0.05) is 34.8 Å². The molecule has 0 saturated heterocycles. The first-order valence-electron chi connectivity index (χ1n) is 2.44. The molecule has 0 N–H and O–H groups in total. The molecule has 74 valence electrons. The molecule has 0 aromatic heterocycles. The lowest BCUT2D eigenvalue weighted by Gasteiger charge is -2.30. The molecule has 0 aromatic rings. The van der Waals surface area contributed by atoms with E-state index in [1.807, 2.05) is 0 Å². The van der Waals surface area contributed by atoms with E-state index in [2.05, 4.69) is 34.8 Å². The fourth-order valence-corrected chi connectivity index (χ4v) is 0.499. The van der Waals surface area contributed by atoms with E-state index < -0.39 is 22.3 Å². The van der Waals surface area contributed by atoms with Crippen molar-refractivity contribution in [3.8, 4) is 0 Å². The molecular formula is C4H2Cl3F5. The summed E-state index contributed by atoms with van der Waals surface area (Å²) in [5, 5.41) is -3.87. The van der Waals surface area contributed by atoms with Gasteiger partial charge < -0.3 is 0 Å². The highest BCUT2D eigenvalue weighted by Gasteiger charge is 2.66. The quantitative estimate of drug-likeness (QED) is 0.519. The summed E-state index contributed by atoms with van der Waals surface area (Å²) in [6.45, 7) is -2.14. The molecule has 0 aromatic carbocycles. The molecule has 8 heteroatoms. The van der Waals surface area contributed by atoms with Crippen LogP contribution in [0.2, 0.25) is 0 Å². The maximum atomic E-state index is 12.5. The standard InChI is InChI=1S/C4H2Cl3F5/c5-2(9,1-8)3(6,7)4(10,11)12/h1H2. The van der Waals surface area contributed by atoms with Gasteiger partial charge in [0.1, 0.15) is 6.67 Å². The van der Waals surface area contributed by atoms with Gasteiger partial charge in [-0.3, -0.25) is 0 Å². The first-order valence-corrected chi connectivity index (χ1v) is 3.58. The van der Waals surface area contributed by atoms with Crippen molar-refractivity contribution in [2.45, 2.75) is 15.6 Å². The molecule has 0 amide bonds. The molecule has 0 heterocycles. The highest BCUT2D eigenvalue weighted by Crippen LogP contribution is 2.51. The minimum Gasteiger partial charge on any atom is -0.246 e. The maximum Gasteiger partial charge on any atom is 0.426 e. The summed E-state index contributed by atoms with van der Waals surface area (Å²) in [7, 11) is 0. The lowest BCUT2D eigenvalue weighted by Crippen LogP contribution is -2.50. The zero-order valence-corrected chi connectivity index (χ0v) is 7.50. The maximum absolute atomic E-state index is 12.5. The van der Waals surface area contributed by atoms with E-state index in [9.17, 15) is 22.0 Å². The third kappa shape index (κ3) is 2.06. The molecule has 0 nitrogen and oxygen atoms in total. The van der Waals surface area contributed by atoms with Crippen LogP contribution in [-0.4, -0.2) is 22.3 Å². The Bertz CT molecular complexity index is 163. The predicted molar refractivity (Wildman–Crippen MR) is 36.2 cm³/mol. The summed E-state index contributed by atoms with van der Waals surface area (Å²) < 4.78 is 55.5. The Labute approximate surface area is 79.6 Å². The van der Waals surface area contributed by atoms with Crippen molar-refractivity contribution in [2.75, 3.05) is 6.67 Å². The van der Waals surface area contributed by atoms with Gasteiger partial charge in [-0.25, -0.2) is 8.78 Å². The Hall–Kier alpha value is 0.520. The highest BCUT2D eigenvalue weighted by molar-refractivity contribution is 6.53.